The highest BCUT2D eigenvalue weighted by molar-refractivity contribution is 5.94. The smallest absolute Gasteiger partial charge is 0.279 e. The van der Waals surface area contributed by atoms with Crippen molar-refractivity contribution >= 4 is 29.1 Å². The predicted molar refractivity (Wildman–Crippen MR) is 126 cm³/mol. The number of aromatic nitrogens is 2. The summed E-state index contributed by atoms with van der Waals surface area (Å²) in [6, 6.07) is 14.0. The molecule has 2 heterocycles. The molecule has 0 bridgehead atoms. The van der Waals surface area contributed by atoms with Crippen molar-refractivity contribution in [3.8, 4) is 5.69 Å². The number of fused-ring (bicyclic) bond motifs is 2. The van der Waals surface area contributed by atoms with E-state index in [9.17, 15) is 14.7 Å². The second-order valence-electron chi connectivity index (χ2n) is 8.69. The number of hydrogen-bond acceptors (Lipinski definition) is 5. The van der Waals surface area contributed by atoms with E-state index in [1.165, 1.54) is 4.68 Å². The molecular weight excluding hydrogens is 428 g/mol. The minimum Gasteiger partial charge on any atom is -0.391 e. The molecule has 168 valence electrons. The van der Waals surface area contributed by atoms with Crippen LogP contribution in [-0.4, -0.2) is 46.0 Å². The first-order chi connectivity index (χ1) is 15.0. The Balaban J connectivity index is 0.00000245. The molecule has 3 aromatic rings. The zero-order valence-electron chi connectivity index (χ0n) is 17.8. The van der Waals surface area contributed by atoms with Crippen LogP contribution in [0.3, 0.4) is 0 Å². The number of benzene rings is 2. The number of hydrogen-bond donors (Lipinski definition) is 3. The van der Waals surface area contributed by atoms with Crippen molar-refractivity contribution in [2.45, 2.75) is 31.9 Å². The van der Waals surface area contributed by atoms with Crippen LogP contribution in [0.15, 0.2) is 53.3 Å². The fraction of sp³-hybridized carbons (Fsp3) is 0.375. The minimum atomic E-state index is -0.521. The van der Waals surface area contributed by atoms with E-state index in [0.29, 0.717) is 28.5 Å². The lowest BCUT2D eigenvalue weighted by Gasteiger charge is -2.35. The van der Waals surface area contributed by atoms with Crippen LogP contribution in [0.25, 0.3) is 16.5 Å². The highest BCUT2D eigenvalue weighted by atomic mass is 35.5. The van der Waals surface area contributed by atoms with Gasteiger partial charge in [0, 0.05) is 10.9 Å². The highest BCUT2D eigenvalue weighted by Crippen LogP contribution is 2.33. The molecule has 3 N–H and O–H groups in total. The van der Waals surface area contributed by atoms with Gasteiger partial charge in [0.1, 0.15) is 0 Å². The average molecular weight is 455 g/mol. The van der Waals surface area contributed by atoms with Crippen LogP contribution in [0, 0.1) is 18.8 Å². The van der Waals surface area contributed by atoms with Crippen LogP contribution in [0.2, 0.25) is 0 Å². The lowest BCUT2D eigenvalue weighted by atomic mass is 9.77. The first-order valence-electron chi connectivity index (χ1n) is 10.8. The Morgan fingerprint density at radius 1 is 1.06 bits per heavy atom. The fourth-order valence-corrected chi connectivity index (χ4v) is 4.98. The summed E-state index contributed by atoms with van der Waals surface area (Å²) in [5, 5.41) is 22.7. The van der Waals surface area contributed by atoms with Gasteiger partial charge in [0.15, 0.2) is 0 Å². The van der Waals surface area contributed by atoms with E-state index in [0.717, 1.165) is 37.0 Å². The molecule has 2 fully saturated rings. The van der Waals surface area contributed by atoms with E-state index in [1.54, 1.807) is 30.3 Å². The van der Waals surface area contributed by atoms with Gasteiger partial charge in [0.2, 0.25) is 0 Å². The standard InChI is InChI=1S/C24H26N4O3.ClH/c1-14-19-4-2-3-5-20(19)24(31)28(27-14)18-8-6-15(7-9-18)23(30)26-21-10-16-12-25-13-17(16)11-22(21)29;/h2-9,16-17,21-22,25,29H,10-13H2,1H3,(H,26,30);1H/t16-,17+,21-,22-;/m0./s1. The minimum absolute atomic E-state index is 0. The maximum absolute atomic E-state index is 12.9. The van der Waals surface area contributed by atoms with Gasteiger partial charge >= 0.3 is 0 Å². The number of carbonyl (C=O) groups excluding carboxylic acids is 1. The summed E-state index contributed by atoms with van der Waals surface area (Å²) in [6.07, 6.45) is 0.989. The van der Waals surface area contributed by atoms with Crippen molar-refractivity contribution in [3.05, 3.63) is 70.1 Å². The molecule has 1 aromatic heterocycles. The molecule has 0 spiro atoms. The molecule has 32 heavy (non-hydrogen) atoms. The van der Waals surface area contributed by atoms with Gasteiger partial charge < -0.3 is 15.7 Å². The van der Waals surface area contributed by atoms with E-state index in [4.69, 9.17) is 0 Å². The van der Waals surface area contributed by atoms with E-state index in [1.807, 2.05) is 25.1 Å². The normalized spacial score (nSPS) is 24.6. The maximum atomic E-state index is 12.9. The van der Waals surface area contributed by atoms with Gasteiger partial charge in [-0.1, -0.05) is 18.2 Å². The number of aliphatic hydroxyl groups is 1. The fourth-order valence-electron chi connectivity index (χ4n) is 4.98. The summed E-state index contributed by atoms with van der Waals surface area (Å²) in [4.78, 5) is 25.7. The van der Waals surface area contributed by atoms with Crippen LogP contribution in [-0.2, 0) is 0 Å². The lowest BCUT2D eigenvalue weighted by molar-refractivity contribution is 0.0462. The van der Waals surface area contributed by atoms with Crippen molar-refractivity contribution in [3.63, 3.8) is 0 Å². The summed E-state index contributed by atoms with van der Waals surface area (Å²) in [5.74, 6) is 0.791. The van der Waals surface area contributed by atoms with Gasteiger partial charge in [0.25, 0.3) is 11.5 Å². The van der Waals surface area contributed by atoms with E-state index >= 15 is 0 Å². The number of aryl methyl sites for hydroxylation is 1. The van der Waals surface area contributed by atoms with Gasteiger partial charge in [-0.05, 0) is 75.0 Å². The van der Waals surface area contributed by atoms with Crippen molar-refractivity contribution in [2.75, 3.05) is 13.1 Å². The molecule has 1 aliphatic carbocycles. The van der Waals surface area contributed by atoms with Crippen LogP contribution >= 0.6 is 12.4 Å². The molecule has 7 nitrogen and oxygen atoms in total. The Morgan fingerprint density at radius 2 is 1.72 bits per heavy atom. The van der Waals surface area contributed by atoms with E-state index in [-0.39, 0.29) is 29.9 Å². The van der Waals surface area contributed by atoms with E-state index < -0.39 is 6.10 Å². The number of nitrogens with one attached hydrogen (secondary N) is 2. The molecule has 1 amide bonds. The van der Waals surface area contributed by atoms with Crippen molar-refractivity contribution in [2.24, 2.45) is 11.8 Å². The molecule has 0 radical (unpaired) electrons. The van der Waals surface area contributed by atoms with Gasteiger partial charge in [-0.3, -0.25) is 9.59 Å². The Bertz CT molecular complexity index is 1190. The second kappa shape index (κ2) is 9.02. The van der Waals surface area contributed by atoms with Crippen molar-refractivity contribution < 1.29 is 9.90 Å². The monoisotopic (exact) mass is 454 g/mol. The van der Waals surface area contributed by atoms with Gasteiger partial charge in [-0.2, -0.15) is 9.78 Å². The summed E-state index contributed by atoms with van der Waals surface area (Å²) in [5.41, 5.74) is 1.67. The molecule has 1 saturated heterocycles. The molecule has 8 heteroatoms. The third-order valence-corrected chi connectivity index (χ3v) is 6.73. The number of amides is 1. The highest BCUT2D eigenvalue weighted by Gasteiger charge is 2.39. The number of nitrogens with zero attached hydrogens (tertiary/aromatic N) is 2. The summed E-state index contributed by atoms with van der Waals surface area (Å²) in [6.45, 7) is 3.77. The first kappa shape index (κ1) is 22.5. The largest absolute Gasteiger partial charge is 0.391 e. The van der Waals surface area contributed by atoms with Crippen molar-refractivity contribution in [1.82, 2.24) is 20.4 Å². The van der Waals surface area contributed by atoms with Gasteiger partial charge in [-0.15, -0.1) is 12.4 Å². The first-order valence-corrected chi connectivity index (χ1v) is 10.8. The SMILES string of the molecule is Cc1nn(-c2ccc(C(=O)N[C@H]3C[C@H]4CNC[C@H]4C[C@@H]3O)cc2)c(=O)c2ccccc12.Cl. The van der Waals surface area contributed by atoms with Crippen LogP contribution < -0.4 is 16.2 Å². The molecule has 2 aromatic carbocycles. The zero-order valence-corrected chi connectivity index (χ0v) is 18.6. The van der Waals surface area contributed by atoms with Gasteiger partial charge in [-0.25, -0.2) is 0 Å². The number of aliphatic hydroxyl groups excluding tert-OH is 1. The van der Waals surface area contributed by atoms with Crippen LogP contribution in [0.1, 0.15) is 28.9 Å². The zero-order chi connectivity index (χ0) is 21.5. The summed E-state index contributed by atoms with van der Waals surface area (Å²) in [7, 11) is 0. The summed E-state index contributed by atoms with van der Waals surface area (Å²) < 4.78 is 1.37. The Kier molecular flexibility index (Phi) is 6.33. The second-order valence-corrected chi connectivity index (χ2v) is 8.69. The third-order valence-electron chi connectivity index (χ3n) is 6.73. The Hall–Kier alpha value is -2.74. The molecule has 0 unspecified atom stereocenters. The topological polar surface area (TPSA) is 96.2 Å². The van der Waals surface area contributed by atoms with Crippen LogP contribution in [0.4, 0.5) is 0 Å². The van der Waals surface area contributed by atoms with Crippen LogP contribution in [0.5, 0.6) is 0 Å². The average Bonchev–Trinajstić information content (AvgIpc) is 3.23. The molecule has 4 atom stereocenters. The molecule has 1 aliphatic heterocycles. The Labute approximate surface area is 192 Å². The number of halogens is 1. The quantitative estimate of drug-likeness (QED) is 0.564. The predicted octanol–water partition coefficient (Wildman–Crippen LogP) is 2.20. The maximum Gasteiger partial charge on any atom is 0.279 e. The molecule has 2 aliphatic rings. The molecule has 1 saturated carbocycles. The van der Waals surface area contributed by atoms with Crippen molar-refractivity contribution in [1.29, 1.82) is 0 Å². The molecule has 5 rings (SSSR count). The lowest BCUT2D eigenvalue weighted by Crippen LogP contribution is -2.49. The third kappa shape index (κ3) is 4.03. The van der Waals surface area contributed by atoms with E-state index in [2.05, 4.69) is 15.7 Å². The molecular formula is C24H27ClN4O3. The Morgan fingerprint density at radius 3 is 2.44 bits per heavy atom. The van der Waals surface area contributed by atoms with Gasteiger partial charge in [0.05, 0.1) is 28.9 Å². The number of rotatable bonds is 3. The number of carbonyl (C=O) groups is 1. The summed E-state index contributed by atoms with van der Waals surface area (Å²) >= 11 is 0.